The monoisotopic (exact) mass is 386 g/mol. The van der Waals surface area contributed by atoms with Crippen molar-refractivity contribution in [2.75, 3.05) is 19.7 Å². The number of hydrogen-bond donors (Lipinski definition) is 2. The van der Waals surface area contributed by atoms with E-state index in [1.54, 1.807) is 13.0 Å². The second-order valence-electron chi connectivity index (χ2n) is 7.50. The highest BCUT2D eigenvalue weighted by Crippen LogP contribution is 2.46. The average molecular weight is 387 g/mol. The SMILES string of the molecule is Cc1c(O)cc(C(=O)N2CCC3(CC2)COc2ccc(CN)cc23)cc1Cl. The molecule has 1 saturated heterocycles. The summed E-state index contributed by atoms with van der Waals surface area (Å²) in [6, 6.07) is 9.28. The first-order valence-corrected chi connectivity index (χ1v) is 9.56. The number of piperidine rings is 1. The van der Waals surface area contributed by atoms with Crippen LogP contribution < -0.4 is 10.5 Å². The number of phenolic OH excluding ortho intramolecular Hbond substituents is 1. The molecule has 6 heteroatoms. The lowest BCUT2D eigenvalue weighted by molar-refractivity contribution is 0.0646. The normalized spacial score (nSPS) is 17.7. The molecule has 0 aromatic heterocycles. The third-order valence-electron chi connectivity index (χ3n) is 5.93. The van der Waals surface area contributed by atoms with Crippen LogP contribution in [0.2, 0.25) is 5.02 Å². The molecular weight excluding hydrogens is 364 g/mol. The number of nitrogens with zero attached hydrogens (tertiary/aromatic N) is 1. The van der Waals surface area contributed by atoms with Crippen LogP contribution in [-0.4, -0.2) is 35.6 Å². The minimum Gasteiger partial charge on any atom is -0.508 e. The number of likely N-dealkylation sites (tertiary alicyclic amines) is 1. The van der Waals surface area contributed by atoms with Gasteiger partial charge in [0.25, 0.3) is 5.91 Å². The number of hydrogen-bond acceptors (Lipinski definition) is 4. The van der Waals surface area contributed by atoms with E-state index in [0.29, 0.717) is 42.4 Å². The van der Waals surface area contributed by atoms with Crippen molar-refractivity contribution in [1.29, 1.82) is 0 Å². The topological polar surface area (TPSA) is 75.8 Å². The van der Waals surface area contributed by atoms with E-state index in [1.165, 1.54) is 11.6 Å². The van der Waals surface area contributed by atoms with Crippen molar-refractivity contribution in [1.82, 2.24) is 4.90 Å². The van der Waals surface area contributed by atoms with Gasteiger partial charge in [-0.25, -0.2) is 0 Å². The Kier molecular flexibility index (Phi) is 4.52. The van der Waals surface area contributed by atoms with Crippen molar-refractivity contribution in [3.8, 4) is 11.5 Å². The second kappa shape index (κ2) is 6.73. The number of phenols is 1. The highest BCUT2D eigenvalue weighted by atomic mass is 35.5. The summed E-state index contributed by atoms with van der Waals surface area (Å²) in [5, 5.41) is 10.4. The molecule has 1 fully saturated rings. The molecule has 1 amide bonds. The molecule has 0 radical (unpaired) electrons. The molecule has 142 valence electrons. The molecule has 3 N–H and O–H groups in total. The number of fused-ring (bicyclic) bond motifs is 2. The quantitative estimate of drug-likeness (QED) is 0.829. The van der Waals surface area contributed by atoms with Crippen molar-refractivity contribution in [2.24, 2.45) is 5.73 Å². The lowest BCUT2D eigenvalue weighted by atomic mass is 9.74. The molecule has 2 aromatic rings. The van der Waals surface area contributed by atoms with Gasteiger partial charge in [0.05, 0.1) is 6.61 Å². The Morgan fingerprint density at radius 3 is 2.70 bits per heavy atom. The standard InChI is InChI=1S/C21H23ClN2O3/c1-13-17(22)9-15(10-18(13)25)20(26)24-6-4-21(5-7-24)12-27-19-3-2-14(11-23)8-16(19)21/h2-3,8-10,25H,4-7,11-12,23H2,1H3. The molecule has 2 aliphatic heterocycles. The fourth-order valence-corrected chi connectivity index (χ4v) is 4.27. The van der Waals surface area contributed by atoms with Crippen molar-refractivity contribution in [3.63, 3.8) is 0 Å². The zero-order valence-electron chi connectivity index (χ0n) is 15.3. The van der Waals surface area contributed by atoms with Gasteiger partial charge in [-0.05, 0) is 43.5 Å². The molecule has 2 aromatic carbocycles. The van der Waals surface area contributed by atoms with E-state index in [9.17, 15) is 9.90 Å². The van der Waals surface area contributed by atoms with Crippen molar-refractivity contribution >= 4 is 17.5 Å². The van der Waals surface area contributed by atoms with Gasteiger partial charge in [-0.3, -0.25) is 4.79 Å². The second-order valence-corrected chi connectivity index (χ2v) is 7.91. The number of nitrogens with two attached hydrogens (primary N) is 1. The van der Waals surface area contributed by atoms with Crippen LogP contribution >= 0.6 is 11.6 Å². The van der Waals surface area contributed by atoms with Gasteiger partial charge < -0.3 is 20.5 Å². The first-order chi connectivity index (χ1) is 12.9. The number of carbonyl (C=O) groups excluding carboxylic acids is 1. The van der Waals surface area contributed by atoms with E-state index < -0.39 is 0 Å². The Bertz CT molecular complexity index is 881. The minimum atomic E-state index is -0.100. The molecule has 2 heterocycles. The molecular formula is C21H23ClN2O3. The maximum absolute atomic E-state index is 12.9. The number of rotatable bonds is 2. The Balaban J connectivity index is 1.53. The number of amides is 1. The fourth-order valence-electron chi connectivity index (χ4n) is 4.06. The third kappa shape index (κ3) is 3.05. The maximum atomic E-state index is 12.9. The molecule has 5 nitrogen and oxygen atoms in total. The first kappa shape index (κ1) is 18.1. The predicted octanol–water partition coefficient (Wildman–Crippen LogP) is 3.38. The maximum Gasteiger partial charge on any atom is 0.254 e. The van der Waals surface area contributed by atoms with E-state index in [4.69, 9.17) is 22.1 Å². The summed E-state index contributed by atoms with van der Waals surface area (Å²) < 4.78 is 5.92. The number of carbonyl (C=O) groups is 1. The molecule has 0 unspecified atom stereocenters. The van der Waals surface area contributed by atoms with Gasteiger partial charge >= 0.3 is 0 Å². The molecule has 2 aliphatic rings. The lowest BCUT2D eigenvalue weighted by Gasteiger charge is -2.38. The molecule has 0 aliphatic carbocycles. The number of aromatic hydroxyl groups is 1. The highest BCUT2D eigenvalue weighted by Gasteiger charge is 2.44. The Labute approximate surface area is 163 Å². The molecule has 1 spiro atoms. The van der Waals surface area contributed by atoms with E-state index in [-0.39, 0.29) is 17.1 Å². The van der Waals surface area contributed by atoms with E-state index in [1.807, 2.05) is 17.0 Å². The van der Waals surface area contributed by atoms with Crippen LogP contribution in [-0.2, 0) is 12.0 Å². The van der Waals surface area contributed by atoms with Gasteiger partial charge in [0.2, 0.25) is 0 Å². The summed E-state index contributed by atoms with van der Waals surface area (Å²) in [6.45, 7) is 4.16. The zero-order valence-corrected chi connectivity index (χ0v) is 16.1. The van der Waals surface area contributed by atoms with Crippen LogP contribution in [0.15, 0.2) is 30.3 Å². The number of ether oxygens (including phenoxy) is 1. The summed E-state index contributed by atoms with van der Waals surface area (Å²) in [5.41, 5.74) is 9.07. The highest BCUT2D eigenvalue weighted by molar-refractivity contribution is 6.32. The van der Waals surface area contributed by atoms with Gasteiger partial charge in [-0.2, -0.15) is 0 Å². The summed E-state index contributed by atoms with van der Waals surface area (Å²) in [5.74, 6) is 0.880. The largest absolute Gasteiger partial charge is 0.508 e. The molecule has 4 rings (SSSR count). The minimum absolute atomic E-state index is 0.0479. The smallest absolute Gasteiger partial charge is 0.254 e. The van der Waals surface area contributed by atoms with Crippen molar-refractivity contribution in [3.05, 3.63) is 57.6 Å². The Morgan fingerprint density at radius 2 is 2.04 bits per heavy atom. The number of halogens is 1. The van der Waals surface area contributed by atoms with Crippen molar-refractivity contribution < 1.29 is 14.6 Å². The van der Waals surface area contributed by atoms with Gasteiger partial charge in [-0.15, -0.1) is 0 Å². The fraction of sp³-hybridized carbons (Fsp3) is 0.381. The van der Waals surface area contributed by atoms with Gasteiger partial charge in [-0.1, -0.05) is 23.7 Å². The molecule has 0 bridgehead atoms. The average Bonchev–Trinajstić information content (AvgIpc) is 3.03. The third-order valence-corrected chi connectivity index (χ3v) is 6.32. The van der Waals surface area contributed by atoms with E-state index in [2.05, 4.69) is 6.07 Å². The summed E-state index contributed by atoms with van der Waals surface area (Å²) in [4.78, 5) is 14.7. The molecule has 27 heavy (non-hydrogen) atoms. The molecule has 0 atom stereocenters. The van der Waals surface area contributed by atoms with Gasteiger partial charge in [0.1, 0.15) is 11.5 Å². The summed E-state index contributed by atoms with van der Waals surface area (Å²) >= 11 is 6.13. The van der Waals surface area contributed by atoms with Gasteiger partial charge in [0.15, 0.2) is 0 Å². The molecule has 0 saturated carbocycles. The zero-order chi connectivity index (χ0) is 19.2. The summed E-state index contributed by atoms with van der Waals surface area (Å²) in [6.07, 6.45) is 1.68. The Hall–Kier alpha value is -2.24. The van der Waals surface area contributed by atoms with E-state index >= 15 is 0 Å². The van der Waals surface area contributed by atoms with Crippen LogP contribution in [0.1, 0.15) is 39.9 Å². The van der Waals surface area contributed by atoms with Crippen LogP contribution in [0.3, 0.4) is 0 Å². The van der Waals surface area contributed by atoms with Crippen LogP contribution in [0.5, 0.6) is 11.5 Å². The summed E-state index contributed by atoms with van der Waals surface area (Å²) in [7, 11) is 0. The van der Waals surface area contributed by atoms with Crippen molar-refractivity contribution in [2.45, 2.75) is 31.7 Å². The number of benzene rings is 2. The van der Waals surface area contributed by atoms with Crippen LogP contribution in [0.25, 0.3) is 0 Å². The lowest BCUT2D eigenvalue weighted by Crippen LogP contribution is -2.46. The predicted molar refractivity (Wildman–Crippen MR) is 104 cm³/mol. The van der Waals surface area contributed by atoms with E-state index in [0.717, 1.165) is 24.2 Å². The van der Waals surface area contributed by atoms with Crippen LogP contribution in [0, 0.1) is 6.92 Å². The Morgan fingerprint density at radius 1 is 1.30 bits per heavy atom. The van der Waals surface area contributed by atoms with Crippen LogP contribution in [0.4, 0.5) is 0 Å². The first-order valence-electron chi connectivity index (χ1n) is 9.18. The van der Waals surface area contributed by atoms with Gasteiger partial charge in [0, 0.05) is 46.8 Å².